The molecule has 2 aromatic carbocycles. The Morgan fingerprint density at radius 3 is 1.33 bits per heavy atom. The van der Waals surface area contributed by atoms with E-state index in [2.05, 4.69) is 0 Å². The summed E-state index contributed by atoms with van der Waals surface area (Å²) in [4.78, 5) is 0. The molecule has 4 heteroatoms. The van der Waals surface area contributed by atoms with Crippen molar-refractivity contribution in [1.82, 2.24) is 0 Å². The van der Waals surface area contributed by atoms with E-state index in [4.69, 9.17) is 9.47 Å². The van der Waals surface area contributed by atoms with Crippen LogP contribution in [0.25, 0.3) is 0 Å². The topological polar surface area (TPSA) is 58.9 Å². The van der Waals surface area contributed by atoms with Crippen molar-refractivity contribution in [1.29, 1.82) is 0 Å². The first-order valence-corrected chi connectivity index (χ1v) is 6.63. The van der Waals surface area contributed by atoms with Gasteiger partial charge in [0, 0.05) is 6.42 Å². The molecule has 4 nitrogen and oxygen atoms in total. The molecular formula is C17H19O4. The van der Waals surface area contributed by atoms with E-state index in [9.17, 15) is 10.2 Å². The van der Waals surface area contributed by atoms with Gasteiger partial charge in [-0.25, -0.2) is 0 Å². The molecule has 0 saturated carbocycles. The number of hydrogen-bond donors (Lipinski definition) is 2. The van der Waals surface area contributed by atoms with Crippen LogP contribution in [0.1, 0.15) is 23.3 Å². The number of aliphatic hydroxyl groups excluding tert-OH is 2. The SMILES string of the molecule is COc1ccc(C(O)[CH]C(O)c2ccc(OC)cc2)cc1. The van der Waals surface area contributed by atoms with Gasteiger partial charge in [-0.3, -0.25) is 0 Å². The molecule has 0 aliphatic rings. The highest BCUT2D eigenvalue weighted by molar-refractivity contribution is 5.32. The number of methoxy groups -OCH3 is 2. The molecule has 0 saturated heterocycles. The van der Waals surface area contributed by atoms with Crippen molar-refractivity contribution in [3.63, 3.8) is 0 Å². The maximum absolute atomic E-state index is 10.1. The molecule has 0 fully saturated rings. The highest BCUT2D eigenvalue weighted by Gasteiger charge is 2.16. The van der Waals surface area contributed by atoms with Crippen LogP contribution in [0.2, 0.25) is 0 Å². The Hall–Kier alpha value is -2.04. The average molecular weight is 287 g/mol. The van der Waals surface area contributed by atoms with Crippen LogP contribution < -0.4 is 9.47 Å². The van der Waals surface area contributed by atoms with E-state index in [-0.39, 0.29) is 0 Å². The van der Waals surface area contributed by atoms with Crippen LogP contribution in [0, 0.1) is 6.42 Å². The Kier molecular flexibility index (Phi) is 5.20. The second-order valence-electron chi connectivity index (χ2n) is 4.63. The molecular weight excluding hydrogens is 268 g/mol. The van der Waals surface area contributed by atoms with Crippen LogP contribution in [-0.2, 0) is 0 Å². The molecule has 2 rings (SSSR count). The third-order valence-electron chi connectivity index (χ3n) is 3.28. The number of hydrogen-bond acceptors (Lipinski definition) is 4. The van der Waals surface area contributed by atoms with Crippen molar-refractivity contribution in [3.05, 3.63) is 66.1 Å². The number of ether oxygens (including phenoxy) is 2. The van der Waals surface area contributed by atoms with Crippen molar-refractivity contribution >= 4 is 0 Å². The van der Waals surface area contributed by atoms with Gasteiger partial charge in [-0.15, -0.1) is 0 Å². The molecule has 0 heterocycles. The summed E-state index contributed by atoms with van der Waals surface area (Å²) in [7, 11) is 3.18. The molecule has 111 valence electrons. The van der Waals surface area contributed by atoms with Crippen molar-refractivity contribution < 1.29 is 19.7 Å². The van der Waals surface area contributed by atoms with Crippen molar-refractivity contribution in [2.45, 2.75) is 12.2 Å². The summed E-state index contributed by atoms with van der Waals surface area (Å²) in [6.45, 7) is 0. The normalized spacial score (nSPS) is 13.5. The number of benzene rings is 2. The summed E-state index contributed by atoms with van der Waals surface area (Å²) in [5.41, 5.74) is 1.40. The summed E-state index contributed by atoms with van der Waals surface area (Å²) in [5, 5.41) is 20.3. The lowest BCUT2D eigenvalue weighted by molar-refractivity contribution is 0.139. The second-order valence-corrected chi connectivity index (χ2v) is 4.63. The van der Waals surface area contributed by atoms with E-state index >= 15 is 0 Å². The zero-order valence-electron chi connectivity index (χ0n) is 12.1. The van der Waals surface area contributed by atoms with Gasteiger partial charge >= 0.3 is 0 Å². The summed E-state index contributed by atoms with van der Waals surface area (Å²) in [5.74, 6) is 1.45. The minimum atomic E-state index is -0.854. The largest absolute Gasteiger partial charge is 0.497 e. The number of aliphatic hydroxyl groups is 2. The zero-order chi connectivity index (χ0) is 15.2. The number of rotatable bonds is 6. The molecule has 2 N–H and O–H groups in total. The molecule has 2 aromatic rings. The standard InChI is InChI=1S/C17H19O4/c1-20-14-7-3-12(4-8-14)16(18)11-17(19)13-5-9-15(21-2)10-6-13/h3-11,16-19H,1-2H3. The summed E-state index contributed by atoms with van der Waals surface area (Å²) in [6.07, 6.45) is -0.232. The molecule has 0 bridgehead atoms. The van der Waals surface area contributed by atoms with E-state index in [1.165, 1.54) is 6.42 Å². The molecule has 1 radical (unpaired) electrons. The first-order valence-electron chi connectivity index (χ1n) is 6.63. The quantitative estimate of drug-likeness (QED) is 0.857. The van der Waals surface area contributed by atoms with Crippen molar-refractivity contribution in [2.75, 3.05) is 14.2 Å². The molecule has 0 aliphatic heterocycles. The monoisotopic (exact) mass is 287 g/mol. The van der Waals surface area contributed by atoms with Crippen LogP contribution in [0.3, 0.4) is 0 Å². The molecule has 2 atom stereocenters. The van der Waals surface area contributed by atoms with Gasteiger partial charge < -0.3 is 19.7 Å². The smallest absolute Gasteiger partial charge is 0.118 e. The van der Waals surface area contributed by atoms with E-state index < -0.39 is 12.2 Å². The maximum Gasteiger partial charge on any atom is 0.118 e. The minimum Gasteiger partial charge on any atom is -0.497 e. The van der Waals surface area contributed by atoms with Gasteiger partial charge in [-0.1, -0.05) is 24.3 Å². The molecule has 0 aliphatic carbocycles. The van der Waals surface area contributed by atoms with Crippen LogP contribution in [0.5, 0.6) is 11.5 Å². The minimum absolute atomic E-state index is 0.698. The fraction of sp³-hybridized carbons (Fsp3) is 0.235. The van der Waals surface area contributed by atoms with Crippen LogP contribution >= 0.6 is 0 Å². The van der Waals surface area contributed by atoms with Gasteiger partial charge in [0.15, 0.2) is 0 Å². The van der Waals surface area contributed by atoms with E-state index in [0.717, 1.165) is 11.5 Å². The Labute approximate surface area is 124 Å². The van der Waals surface area contributed by atoms with Gasteiger partial charge in [0.25, 0.3) is 0 Å². The zero-order valence-corrected chi connectivity index (χ0v) is 12.1. The van der Waals surface area contributed by atoms with Gasteiger partial charge in [-0.05, 0) is 35.4 Å². The van der Waals surface area contributed by atoms with Gasteiger partial charge in [0.2, 0.25) is 0 Å². The lowest BCUT2D eigenvalue weighted by Gasteiger charge is -2.16. The van der Waals surface area contributed by atoms with Crippen LogP contribution in [-0.4, -0.2) is 24.4 Å². The molecule has 0 spiro atoms. The summed E-state index contributed by atoms with van der Waals surface area (Å²) >= 11 is 0. The van der Waals surface area contributed by atoms with E-state index in [1.807, 2.05) is 0 Å². The third kappa shape index (κ3) is 3.97. The van der Waals surface area contributed by atoms with Gasteiger partial charge in [-0.2, -0.15) is 0 Å². The molecule has 21 heavy (non-hydrogen) atoms. The average Bonchev–Trinajstić information content (AvgIpc) is 2.55. The Morgan fingerprint density at radius 1 is 0.714 bits per heavy atom. The summed E-state index contributed by atoms with van der Waals surface area (Å²) < 4.78 is 10.1. The van der Waals surface area contributed by atoms with Crippen LogP contribution in [0.15, 0.2) is 48.5 Å². The van der Waals surface area contributed by atoms with Gasteiger partial charge in [0.05, 0.1) is 26.4 Å². The second kappa shape index (κ2) is 7.11. The predicted octanol–water partition coefficient (Wildman–Crippen LogP) is 2.68. The molecule has 2 unspecified atom stereocenters. The van der Waals surface area contributed by atoms with Gasteiger partial charge in [0.1, 0.15) is 11.5 Å². The maximum atomic E-state index is 10.1. The van der Waals surface area contributed by atoms with Crippen molar-refractivity contribution in [2.24, 2.45) is 0 Å². The predicted molar refractivity (Wildman–Crippen MR) is 80.2 cm³/mol. The molecule has 0 aromatic heterocycles. The van der Waals surface area contributed by atoms with E-state index in [0.29, 0.717) is 11.1 Å². The van der Waals surface area contributed by atoms with E-state index in [1.54, 1.807) is 62.8 Å². The summed E-state index contributed by atoms with van der Waals surface area (Å²) in [6, 6.07) is 14.1. The highest BCUT2D eigenvalue weighted by atomic mass is 16.5. The highest BCUT2D eigenvalue weighted by Crippen LogP contribution is 2.27. The third-order valence-corrected chi connectivity index (χ3v) is 3.28. The van der Waals surface area contributed by atoms with Crippen molar-refractivity contribution in [3.8, 4) is 11.5 Å². The van der Waals surface area contributed by atoms with Crippen LogP contribution in [0.4, 0.5) is 0 Å². The Morgan fingerprint density at radius 2 is 1.05 bits per heavy atom. The Balaban J connectivity index is 2.01. The fourth-order valence-corrected chi connectivity index (χ4v) is 2.00. The first-order chi connectivity index (χ1) is 10.1. The molecule has 0 amide bonds. The fourth-order valence-electron chi connectivity index (χ4n) is 2.00. The lowest BCUT2D eigenvalue weighted by atomic mass is 9.99. The Bertz CT molecular complexity index is 497. The first kappa shape index (κ1) is 15.4. The lowest BCUT2D eigenvalue weighted by Crippen LogP contribution is -2.06.